The Morgan fingerprint density at radius 1 is 1.67 bits per heavy atom. The van der Waals surface area contributed by atoms with Crippen molar-refractivity contribution in [3.63, 3.8) is 0 Å². The minimum Gasteiger partial charge on any atom is -0.481 e. The molecule has 0 atom stereocenters. The van der Waals surface area contributed by atoms with E-state index < -0.39 is 5.97 Å². The largest absolute Gasteiger partial charge is 0.481 e. The predicted molar refractivity (Wildman–Crippen MR) is 55.8 cm³/mol. The van der Waals surface area contributed by atoms with Gasteiger partial charge in [-0.3, -0.25) is 9.48 Å². The minimum absolute atomic E-state index is 0.249. The Morgan fingerprint density at radius 3 is 3.00 bits per heavy atom. The summed E-state index contributed by atoms with van der Waals surface area (Å²) in [4.78, 5) is 10.4. The molecule has 0 spiro atoms. The lowest BCUT2D eigenvalue weighted by Gasteiger charge is -1.98. The number of aromatic nitrogens is 2. The van der Waals surface area contributed by atoms with Crippen LogP contribution >= 0.6 is 0 Å². The number of hydrogen-bond donors (Lipinski definition) is 1. The molecule has 0 bridgehead atoms. The van der Waals surface area contributed by atoms with Gasteiger partial charge in [0, 0.05) is 25.6 Å². The van der Waals surface area contributed by atoms with Crippen LogP contribution in [0.1, 0.15) is 42.9 Å². The topological polar surface area (TPSA) is 55.1 Å². The van der Waals surface area contributed by atoms with E-state index in [1.165, 1.54) is 24.1 Å². The Balaban J connectivity index is 1.97. The molecule has 82 valence electrons. The number of hydrogen-bond acceptors (Lipinski definition) is 2. The van der Waals surface area contributed by atoms with Crippen LogP contribution in [0.15, 0.2) is 6.20 Å². The number of aliphatic carboxylic acids is 1. The average Bonchev–Trinajstić information content (AvgIpc) is 2.91. The molecule has 1 heterocycles. The minimum atomic E-state index is -0.716. The maximum absolute atomic E-state index is 10.4. The first-order valence-corrected chi connectivity index (χ1v) is 5.41. The molecular formula is C11H16N2O2. The van der Waals surface area contributed by atoms with Gasteiger partial charge in [0.05, 0.1) is 5.69 Å². The Labute approximate surface area is 88.9 Å². The summed E-state index contributed by atoms with van der Waals surface area (Å²) in [5, 5.41) is 13.0. The Morgan fingerprint density at radius 2 is 2.40 bits per heavy atom. The van der Waals surface area contributed by atoms with Crippen molar-refractivity contribution in [2.45, 2.75) is 38.0 Å². The summed E-state index contributed by atoms with van der Waals surface area (Å²) in [6.07, 6.45) is 6.30. The summed E-state index contributed by atoms with van der Waals surface area (Å²) >= 11 is 0. The van der Waals surface area contributed by atoms with Crippen molar-refractivity contribution in [3.05, 3.63) is 17.5 Å². The summed E-state index contributed by atoms with van der Waals surface area (Å²) in [5.74, 6) is -0.0714. The van der Waals surface area contributed by atoms with Crippen LogP contribution in [0.5, 0.6) is 0 Å². The van der Waals surface area contributed by atoms with Gasteiger partial charge in [0.1, 0.15) is 0 Å². The van der Waals surface area contributed by atoms with Gasteiger partial charge in [0.15, 0.2) is 0 Å². The van der Waals surface area contributed by atoms with Crippen molar-refractivity contribution in [2.75, 3.05) is 0 Å². The molecule has 1 aromatic heterocycles. The van der Waals surface area contributed by atoms with Gasteiger partial charge in [-0.05, 0) is 31.2 Å². The monoisotopic (exact) mass is 208 g/mol. The fraction of sp³-hybridized carbons (Fsp3) is 0.636. The molecule has 2 rings (SSSR count). The molecule has 15 heavy (non-hydrogen) atoms. The normalized spacial score (nSPS) is 15.5. The summed E-state index contributed by atoms with van der Waals surface area (Å²) < 4.78 is 1.84. The average molecular weight is 208 g/mol. The SMILES string of the molecule is Cn1cc(CCCC(=O)O)c(C2CC2)n1. The van der Waals surface area contributed by atoms with Crippen molar-refractivity contribution >= 4 is 5.97 Å². The number of carboxylic acids is 1. The second kappa shape index (κ2) is 4.04. The molecule has 0 aromatic carbocycles. The highest BCUT2D eigenvalue weighted by Crippen LogP contribution is 2.40. The molecule has 1 aliphatic carbocycles. The second-order valence-electron chi connectivity index (χ2n) is 4.23. The van der Waals surface area contributed by atoms with E-state index in [1.54, 1.807) is 0 Å². The van der Waals surface area contributed by atoms with Crippen molar-refractivity contribution in [2.24, 2.45) is 7.05 Å². The van der Waals surface area contributed by atoms with Gasteiger partial charge in [-0.25, -0.2) is 0 Å². The van der Waals surface area contributed by atoms with Gasteiger partial charge in [-0.15, -0.1) is 0 Å². The van der Waals surface area contributed by atoms with Crippen LogP contribution < -0.4 is 0 Å². The Kier molecular flexibility index (Phi) is 2.75. The van der Waals surface area contributed by atoms with Gasteiger partial charge in [-0.1, -0.05) is 0 Å². The fourth-order valence-corrected chi connectivity index (χ4v) is 1.88. The van der Waals surface area contributed by atoms with E-state index in [0.717, 1.165) is 6.42 Å². The third-order valence-electron chi connectivity index (χ3n) is 2.74. The molecule has 1 aromatic rings. The van der Waals surface area contributed by atoms with Gasteiger partial charge in [0.25, 0.3) is 0 Å². The first-order valence-electron chi connectivity index (χ1n) is 5.41. The molecular weight excluding hydrogens is 192 g/mol. The summed E-state index contributed by atoms with van der Waals surface area (Å²) in [5.41, 5.74) is 2.43. The van der Waals surface area contributed by atoms with E-state index >= 15 is 0 Å². The molecule has 4 nitrogen and oxygen atoms in total. The number of nitrogens with zero attached hydrogens (tertiary/aromatic N) is 2. The molecule has 0 saturated heterocycles. The molecule has 0 amide bonds. The van der Waals surface area contributed by atoms with Gasteiger partial charge in [-0.2, -0.15) is 5.10 Å². The molecule has 4 heteroatoms. The lowest BCUT2D eigenvalue weighted by Crippen LogP contribution is -1.96. The molecule has 1 fully saturated rings. The molecule has 0 unspecified atom stereocenters. The van der Waals surface area contributed by atoms with E-state index in [4.69, 9.17) is 5.11 Å². The quantitative estimate of drug-likeness (QED) is 0.801. The van der Waals surface area contributed by atoms with Crippen LogP contribution in [0, 0.1) is 0 Å². The molecule has 1 aliphatic rings. The van der Waals surface area contributed by atoms with E-state index in [1.807, 2.05) is 17.9 Å². The Hall–Kier alpha value is -1.32. The van der Waals surface area contributed by atoms with Crippen LogP contribution in [0.2, 0.25) is 0 Å². The maximum Gasteiger partial charge on any atom is 0.303 e. The van der Waals surface area contributed by atoms with Crippen LogP contribution in [0.25, 0.3) is 0 Å². The van der Waals surface area contributed by atoms with Crippen molar-refractivity contribution in [3.8, 4) is 0 Å². The fourth-order valence-electron chi connectivity index (χ4n) is 1.88. The number of aryl methyl sites for hydroxylation is 2. The van der Waals surface area contributed by atoms with Crippen LogP contribution in [0.3, 0.4) is 0 Å². The van der Waals surface area contributed by atoms with Crippen molar-refractivity contribution in [1.29, 1.82) is 0 Å². The maximum atomic E-state index is 10.4. The third-order valence-corrected chi connectivity index (χ3v) is 2.74. The first kappa shape index (κ1) is 10.2. The molecule has 0 radical (unpaired) electrons. The predicted octanol–water partition coefficient (Wildman–Crippen LogP) is 1.70. The highest BCUT2D eigenvalue weighted by atomic mass is 16.4. The molecule has 0 aliphatic heterocycles. The van der Waals surface area contributed by atoms with Crippen LogP contribution in [-0.2, 0) is 18.3 Å². The number of rotatable bonds is 5. The highest BCUT2D eigenvalue weighted by Gasteiger charge is 2.28. The summed E-state index contributed by atoms with van der Waals surface area (Å²) in [6, 6.07) is 0. The van der Waals surface area contributed by atoms with E-state index in [-0.39, 0.29) is 6.42 Å². The first-order chi connectivity index (χ1) is 7.16. The standard InChI is InChI=1S/C11H16N2O2/c1-13-7-9(3-2-4-10(14)15)11(12-13)8-5-6-8/h7-8H,2-6H2,1H3,(H,14,15). The van der Waals surface area contributed by atoms with Crippen LogP contribution in [0.4, 0.5) is 0 Å². The van der Waals surface area contributed by atoms with Crippen LogP contribution in [-0.4, -0.2) is 20.9 Å². The molecule has 1 N–H and O–H groups in total. The van der Waals surface area contributed by atoms with Gasteiger partial charge < -0.3 is 5.11 Å². The van der Waals surface area contributed by atoms with Gasteiger partial charge >= 0.3 is 5.97 Å². The smallest absolute Gasteiger partial charge is 0.303 e. The number of carbonyl (C=O) groups is 1. The van der Waals surface area contributed by atoms with Gasteiger partial charge in [0.2, 0.25) is 0 Å². The Bertz CT molecular complexity index is 367. The lowest BCUT2D eigenvalue weighted by molar-refractivity contribution is -0.137. The zero-order valence-corrected chi connectivity index (χ0v) is 8.94. The zero-order valence-electron chi connectivity index (χ0n) is 8.94. The van der Waals surface area contributed by atoms with E-state index in [0.29, 0.717) is 12.3 Å². The lowest BCUT2D eigenvalue weighted by atomic mass is 10.1. The third kappa shape index (κ3) is 2.58. The van der Waals surface area contributed by atoms with Crippen molar-refractivity contribution in [1.82, 2.24) is 9.78 Å². The van der Waals surface area contributed by atoms with E-state index in [9.17, 15) is 4.79 Å². The summed E-state index contributed by atoms with van der Waals surface area (Å²) in [6.45, 7) is 0. The summed E-state index contributed by atoms with van der Waals surface area (Å²) in [7, 11) is 1.92. The number of carboxylic acid groups (broad SMARTS) is 1. The molecule has 1 saturated carbocycles. The second-order valence-corrected chi connectivity index (χ2v) is 4.23. The zero-order chi connectivity index (χ0) is 10.8. The van der Waals surface area contributed by atoms with E-state index in [2.05, 4.69) is 5.10 Å². The van der Waals surface area contributed by atoms with Crippen molar-refractivity contribution < 1.29 is 9.90 Å². The highest BCUT2D eigenvalue weighted by molar-refractivity contribution is 5.66.